The van der Waals surface area contributed by atoms with Gasteiger partial charge in [-0.1, -0.05) is 5.16 Å². The number of hydrogen-bond donors (Lipinski definition) is 1. The van der Waals surface area contributed by atoms with E-state index in [0.717, 1.165) is 0 Å². The van der Waals surface area contributed by atoms with Crippen molar-refractivity contribution in [3.8, 4) is 0 Å². The summed E-state index contributed by atoms with van der Waals surface area (Å²) in [7, 11) is 0. The molecule has 0 radical (unpaired) electrons. The Kier molecular flexibility index (Phi) is 3.13. The average Bonchev–Trinajstić information content (AvgIpc) is 2.62. The molecule has 0 saturated heterocycles. The minimum absolute atomic E-state index is 0.0797. The lowest BCUT2D eigenvalue weighted by atomic mass is 10.1. The highest BCUT2D eigenvalue weighted by molar-refractivity contribution is 5.78. The highest BCUT2D eigenvalue weighted by Crippen LogP contribution is 2.09. The lowest BCUT2D eigenvalue weighted by molar-refractivity contribution is -0.123. The van der Waals surface area contributed by atoms with E-state index < -0.39 is 0 Å². The summed E-state index contributed by atoms with van der Waals surface area (Å²) in [4.78, 5) is 27.9. The maximum atomic E-state index is 12.2. The van der Waals surface area contributed by atoms with Crippen molar-refractivity contribution in [2.45, 2.75) is 39.8 Å². The molecule has 1 amide bonds. The fourth-order valence-corrected chi connectivity index (χ4v) is 1.74. The third-order valence-electron chi connectivity index (χ3n) is 2.46. The third kappa shape index (κ3) is 2.81. The smallest absolute Gasteiger partial charge is 0.267 e. The van der Waals surface area contributed by atoms with Gasteiger partial charge in [-0.3, -0.25) is 14.2 Å². The summed E-state index contributed by atoms with van der Waals surface area (Å²) in [5.74, 6) is -0.246. The Morgan fingerprint density at radius 1 is 1.47 bits per heavy atom. The maximum Gasteiger partial charge on any atom is 0.267 e. The molecule has 0 bridgehead atoms. The summed E-state index contributed by atoms with van der Waals surface area (Å²) < 4.78 is 6.14. The zero-order valence-electron chi connectivity index (χ0n) is 11.4. The van der Waals surface area contributed by atoms with E-state index in [1.54, 1.807) is 6.92 Å². The number of nitrogens with zero attached hydrogens (tertiary/aromatic N) is 3. The van der Waals surface area contributed by atoms with Gasteiger partial charge in [0.1, 0.15) is 18.3 Å². The van der Waals surface area contributed by atoms with Gasteiger partial charge >= 0.3 is 0 Å². The van der Waals surface area contributed by atoms with Crippen LogP contribution < -0.4 is 10.9 Å². The number of hydrogen-bond acceptors (Lipinski definition) is 5. The van der Waals surface area contributed by atoms with E-state index in [9.17, 15) is 9.59 Å². The summed E-state index contributed by atoms with van der Waals surface area (Å²) >= 11 is 0. The van der Waals surface area contributed by atoms with Crippen LogP contribution in [-0.4, -0.2) is 26.2 Å². The minimum Gasteiger partial charge on any atom is -0.350 e. The predicted molar refractivity (Wildman–Crippen MR) is 68.7 cm³/mol. The highest BCUT2D eigenvalue weighted by atomic mass is 16.5. The summed E-state index contributed by atoms with van der Waals surface area (Å²) in [6.45, 7) is 7.20. The van der Waals surface area contributed by atoms with Crippen LogP contribution in [-0.2, 0) is 11.3 Å². The monoisotopic (exact) mass is 264 g/mol. The van der Waals surface area contributed by atoms with E-state index in [-0.39, 0.29) is 29.3 Å². The molecule has 0 atom stereocenters. The number of amides is 1. The van der Waals surface area contributed by atoms with E-state index in [1.165, 1.54) is 10.9 Å². The first-order valence-corrected chi connectivity index (χ1v) is 5.90. The molecule has 102 valence electrons. The van der Waals surface area contributed by atoms with Crippen molar-refractivity contribution in [1.29, 1.82) is 0 Å². The molecule has 19 heavy (non-hydrogen) atoms. The molecule has 0 fully saturated rings. The quantitative estimate of drug-likeness (QED) is 0.858. The van der Waals surface area contributed by atoms with Crippen LogP contribution in [0.15, 0.2) is 15.6 Å². The summed E-state index contributed by atoms with van der Waals surface area (Å²) in [6.07, 6.45) is 1.29. The Bertz CT molecular complexity index is 678. The molecule has 7 nitrogen and oxygen atoms in total. The summed E-state index contributed by atoms with van der Waals surface area (Å²) in [6, 6.07) is 0. The molecule has 0 saturated carbocycles. The molecule has 0 aliphatic heterocycles. The van der Waals surface area contributed by atoms with Crippen molar-refractivity contribution < 1.29 is 9.32 Å². The first-order chi connectivity index (χ1) is 8.78. The van der Waals surface area contributed by atoms with E-state index in [2.05, 4.69) is 15.5 Å². The molecule has 2 heterocycles. The molecule has 0 aromatic carbocycles. The number of rotatable bonds is 2. The molecule has 1 N–H and O–H groups in total. The van der Waals surface area contributed by atoms with Gasteiger partial charge in [0.05, 0.1) is 5.69 Å². The summed E-state index contributed by atoms with van der Waals surface area (Å²) in [5.41, 5.74) is -0.00779. The van der Waals surface area contributed by atoms with Crippen molar-refractivity contribution in [2.75, 3.05) is 0 Å². The topological polar surface area (TPSA) is 90.0 Å². The first-order valence-electron chi connectivity index (χ1n) is 5.90. The average molecular weight is 264 g/mol. The standard InChI is InChI=1S/C12H16N4O3/c1-7-9-10(19-15-7)13-6-16(11(9)18)5-8(17)14-12(2,3)4/h6H,5H2,1-4H3,(H,14,17). The van der Waals surface area contributed by atoms with Crippen LogP contribution in [0.5, 0.6) is 0 Å². The molecule has 0 aliphatic carbocycles. The van der Waals surface area contributed by atoms with Crippen LogP contribution >= 0.6 is 0 Å². The van der Waals surface area contributed by atoms with E-state index >= 15 is 0 Å². The number of fused-ring (bicyclic) bond motifs is 1. The zero-order valence-corrected chi connectivity index (χ0v) is 11.4. The second kappa shape index (κ2) is 4.49. The molecule has 7 heteroatoms. The van der Waals surface area contributed by atoms with Crippen molar-refractivity contribution >= 4 is 17.0 Å². The van der Waals surface area contributed by atoms with Crippen LogP contribution in [0, 0.1) is 6.92 Å². The van der Waals surface area contributed by atoms with Gasteiger partial charge in [0, 0.05) is 5.54 Å². The maximum absolute atomic E-state index is 12.2. The highest BCUT2D eigenvalue weighted by Gasteiger charge is 2.17. The van der Waals surface area contributed by atoms with Crippen LogP contribution in [0.4, 0.5) is 0 Å². The van der Waals surface area contributed by atoms with Gasteiger partial charge < -0.3 is 9.84 Å². The van der Waals surface area contributed by atoms with Crippen LogP contribution in [0.1, 0.15) is 26.5 Å². The molecule has 2 aromatic heterocycles. The molecule has 2 aromatic rings. The SMILES string of the molecule is Cc1noc2ncn(CC(=O)NC(C)(C)C)c(=O)c12. The molecular weight excluding hydrogens is 248 g/mol. The largest absolute Gasteiger partial charge is 0.350 e. The first kappa shape index (κ1) is 13.3. The van der Waals surface area contributed by atoms with Crippen molar-refractivity contribution in [3.63, 3.8) is 0 Å². The Hall–Kier alpha value is -2.18. The Balaban J connectivity index is 2.31. The second-order valence-electron chi connectivity index (χ2n) is 5.42. The van der Waals surface area contributed by atoms with Crippen LogP contribution in [0.2, 0.25) is 0 Å². The van der Waals surface area contributed by atoms with Crippen molar-refractivity contribution in [3.05, 3.63) is 22.4 Å². The lowest BCUT2D eigenvalue weighted by Gasteiger charge is -2.20. The molecule has 2 rings (SSSR count). The Labute approximate surface area is 109 Å². The molecule has 0 unspecified atom stereocenters. The number of aromatic nitrogens is 3. The molecule has 0 aliphatic rings. The van der Waals surface area contributed by atoms with Crippen molar-refractivity contribution in [1.82, 2.24) is 20.0 Å². The predicted octanol–water partition coefficient (Wildman–Crippen LogP) is 0.608. The van der Waals surface area contributed by atoms with Crippen LogP contribution in [0.3, 0.4) is 0 Å². The van der Waals surface area contributed by atoms with Gasteiger partial charge in [0.25, 0.3) is 11.3 Å². The van der Waals surface area contributed by atoms with E-state index in [0.29, 0.717) is 11.1 Å². The van der Waals surface area contributed by atoms with E-state index in [4.69, 9.17) is 4.52 Å². The Morgan fingerprint density at radius 2 is 2.16 bits per heavy atom. The van der Waals surface area contributed by atoms with Gasteiger partial charge in [-0.25, -0.2) is 4.98 Å². The number of carbonyl (C=O) groups is 1. The lowest BCUT2D eigenvalue weighted by Crippen LogP contribution is -2.43. The van der Waals surface area contributed by atoms with Gasteiger partial charge in [0.15, 0.2) is 0 Å². The van der Waals surface area contributed by atoms with Crippen molar-refractivity contribution in [2.24, 2.45) is 0 Å². The van der Waals surface area contributed by atoms with E-state index in [1.807, 2.05) is 20.8 Å². The van der Waals surface area contributed by atoms with Gasteiger partial charge in [-0.15, -0.1) is 0 Å². The molecular formula is C12H16N4O3. The van der Waals surface area contributed by atoms with Gasteiger partial charge in [-0.2, -0.15) is 0 Å². The van der Waals surface area contributed by atoms with Gasteiger partial charge in [0.2, 0.25) is 5.91 Å². The Morgan fingerprint density at radius 3 is 2.79 bits per heavy atom. The second-order valence-corrected chi connectivity index (χ2v) is 5.42. The molecule has 0 spiro atoms. The fourth-order valence-electron chi connectivity index (χ4n) is 1.74. The minimum atomic E-state index is -0.342. The van der Waals surface area contributed by atoms with Gasteiger partial charge in [-0.05, 0) is 27.7 Å². The summed E-state index contributed by atoms with van der Waals surface area (Å²) in [5, 5.41) is 6.78. The number of nitrogens with one attached hydrogen (secondary N) is 1. The number of carbonyl (C=O) groups excluding carboxylic acids is 1. The van der Waals surface area contributed by atoms with Crippen LogP contribution in [0.25, 0.3) is 11.1 Å². The normalized spacial score (nSPS) is 11.8. The zero-order chi connectivity index (χ0) is 14.2. The fraction of sp³-hybridized carbons (Fsp3) is 0.500. The third-order valence-corrected chi connectivity index (χ3v) is 2.46. The number of aryl methyl sites for hydroxylation is 1.